The lowest BCUT2D eigenvalue weighted by atomic mass is 9.72. The Balaban J connectivity index is 1.45. The quantitative estimate of drug-likeness (QED) is 0.794. The maximum atomic E-state index is 14.2. The van der Waals surface area contributed by atoms with Crippen LogP contribution in [-0.4, -0.2) is 84.3 Å². The first-order valence-electron chi connectivity index (χ1n) is 9.66. The van der Waals surface area contributed by atoms with Crippen LogP contribution < -0.4 is 5.32 Å². The largest absolute Gasteiger partial charge is 0.374 e. The number of amides is 2. The highest BCUT2D eigenvalue weighted by atomic mass is 19.3. The zero-order valence-corrected chi connectivity index (χ0v) is 16.3. The monoisotopic (exact) mass is 384 g/mol. The average Bonchev–Trinajstić information content (AvgIpc) is 2.54. The van der Waals surface area contributed by atoms with E-state index in [1.165, 1.54) is 11.8 Å². The summed E-state index contributed by atoms with van der Waals surface area (Å²) in [5.74, 6) is -3.81. The van der Waals surface area contributed by atoms with Gasteiger partial charge in [0.2, 0.25) is 11.8 Å². The summed E-state index contributed by atoms with van der Waals surface area (Å²) in [5, 5.41) is 2.30. The molecule has 1 N–H and O–H groups in total. The van der Waals surface area contributed by atoms with Gasteiger partial charge in [-0.05, 0) is 39.3 Å². The smallest absolute Gasteiger partial charge is 0.285 e. The Labute approximate surface area is 159 Å². The van der Waals surface area contributed by atoms with Crippen LogP contribution in [0.25, 0.3) is 0 Å². The molecule has 3 rings (SSSR count). The fraction of sp³-hybridized carbons (Fsp3) is 0.789. The van der Waals surface area contributed by atoms with E-state index in [0.29, 0.717) is 5.41 Å². The lowest BCUT2D eigenvalue weighted by Gasteiger charge is -2.55. The van der Waals surface area contributed by atoms with Gasteiger partial charge in [0.25, 0.3) is 5.92 Å². The third-order valence-corrected chi connectivity index (χ3v) is 6.20. The lowest BCUT2D eigenvalue weighted by molar-refractivity contribution is -0.149. The van der Waals surface area contributed by atoms with Gasteiger partial charge in [-0.2, -0.15) is 0 Å². The molecule has 6 nitrogen and oxygen atoms in total. The number of nitrogens with one attached hydrogen (secondary N) is 1. The van der Waals surface area contributed by atoms with E-state index in [4.69, 9.17) is 0 Å². The second-order valence-electron chi connectivity index (χ2n) is 8.49. The molecule has 0 aliphatic carbocycles. The van der Waals surface area contributed by atoms with E-state index in [9.17, 15) is 18.4 Å². The van der Waals surface area contributed by atoms with Gasteiger partial charge in [-0.1, -0.05) is 6.58 Å². The molecule has 2 amide bonds. The van der Waals surface area contributed by atoms with Crippen LogP contribution in [0.2, 0.25) is 0 Å². The summed E-state index contributed by atoms with van der Waals surface area (Å²) in [4.78, 5) is 29.2. The van der Waals surface area contributed by atoms with E-state index in [-0.39, 0.29) is 25.4 Å². The highest BCUT2D eigenvalue weighted by molar-refractivity contribution is 5.78. The maximum Gasteiger partial charge on any atom is 0.285 e. The van der Waals surface area contributed by atoms with Crippen molar-refractivity contribution < 1.29 is 18.4 Å². The Hall–Kier alpha value is -1.70. The van der Waals surface area contributed by atoms with Gasteiger partial charge in [0.05, 0.1) is 19.1 Å². The number of nitrogens with zero attached hydrogens (tertiary/aromatic N) is 3. The molecule has 0 radical (unpaired) electrons. The lowest BCUT2D eigenvalue weighted by Crippen LogP contribution is -2.61. The number of hydrogen-bond acceptors (Lipinski definition) is 4. The molecule has 1 atom stereocenters. The number of hydrogen-bond donors (Lipinski definition) is 1. The number of rotatable bonds is 4. The number of likely N-dealkylation sites (tertiary alicyclic amines) is 3. The predicted octanol–water partition coefficient (Wildman–Crippen LogP) is 1.29. The van der Waals surface area contributed by atoms with Crippen molar-refractivity contribution in [1.82, 2.24) is 20.0 Å². The van der Waals surface area contributed by atoms with Gasteiger partial charge >= 0.3 is 0 Å². The van der Waals surface area contributed by atoms with Crippen molar-refractivity contribution in [2.75, 3.05) is 45.8 Å². The third kappa shape index (κ3) is 4.42. The molecule has 0 aromatic rings. The van der Waals surface area contributed by atoms with Crippen LogP contribution in [0, 0.1) is 5.41 Å². The Bertz CT molecular complexity index is 609. The van der Waals surface area contributed by atoms with Crippen molar-refractivity contribution in [1.29, 1.82) is 0 Å². The molecule has 3 saturated heterocycles. The molecule has 3 aliphatic heterocycles. The molecule has 0 bridgehead atoms. The summed E-state index contributed by atoms with van der Waals surface area (Å²) in [5.41, 5.74) is 1.43. The molecule has 27 heavy (non-hydrogen) atoms. The Morgan fingerprint density at radius 2 is 1.70 bits per heavy atom. The number of carbonyl (C=O) groups excluding carboxylic acids is 2. The van der Waals surface area contributed by atoms with Gasteiger partial charge in [-0.15, -0.1) is 0 Å². The SMILES string of the molecule is C=C(C)N1CC2(CCN(CC(=O)N3CCC(NC(C)=O)C(F)(F)C3)CC2)C1. The minimum absolute atomic E-state index is 0.0815. The van der Waals surface area contributed by atoms with Crippen LogP contribution in [0.1, 0.15) is 33.1 Å². The molecular formula is C19H30F2N4O2. The van der Waals surface area contributed by atoms with E-state index < -0.39 is 24.4 Å². The van der Waals surface area contributed by atoms with Crippen LogP contribution >= 0.6 is 0 Å². The minimum Gasteiger partial charge on any atom is -0.374 e. The molecule has 1 unspecified atom stereocenters. The molecule has 3 heterocycles. The third-order valence-electron chi connectivity index (χ3n) is 6.20. The van der Waals surface area contributed by atoms with E-state index in [1.807, 2.05) is 6.92 Å². The van der Waals surface area contributed by atoms with Gasteiger partial charge in [0.15, 0.2) is 0 Å². The second kappa shape index (κ2) is 7.37. The first-order valence-corrected chi connectivity index (χ1v) is 9.66. The number of halogens is 2. The van der Waals surface area contributed by atoms with Crippen molar-refractivity contribution in [2.45, 2.75) is 45.1 Å². The fourth-order valence-corrected chi connectivity index (χ4v) is 4.40. The van der Waals surface area contributed by atoms with Gasteiger partial charge < -0.3 is 15.1 Å². The fourth-order valence-electron chi connectivity index (χ4n) is 4.40. The summed E-state index contributed by atoms with van der Waals surface area (Å²) in [6, 6.07) is -1.19. The van der Waals surface area contributed by atoms with Gasteiger partial charge in [0.1, 0.15) is 0 Å². The Kier molecular flexibility index (Phi) is 5.47. The van der Waals surface area contributed by atoms with Crippen molar-refractivity contribution in [3.05, 3.63) is 12.3 Å². The highest BCUT2D eigenvalue weighted by Crippen LogP contribution is 2.41. The predicted molar refractivity (Wildman–Crippen MR) is 98.2 cm³/mol. The zero-order valence-electron chi connectivity index (χ0n) is 16.3. The maximum absolute atomic E-state index is 14.2. The molecule has 3 fully saturated rings. The van der Waals surface area contributed by atoms with E-state index in [1.54, 1.807) is 0 Å². The Morgan fingerprint density at radius 3 is 2.22 bits per heavy atom. The second-order valence-corrected chi connectivity index (χ2v) is 8.49. The van der Waals surface area contributed by atoms with Crippen molar-refractivity contribution in [3.8, 4) is 0 Å². The average molecular weight is 384 g/mol. The first kappa shape index (κ1) is 20.0. The standard InChI is InChI=1S/C19H30F2N4O2/c1-14(2)25-11-18(12-25)5-8-23(9-6-18)10-17(27)24-7-4-16(22-15(3)26)19(20,21)13-24/h16H,1,4-13H2,2-3H3,(H,22,26). The van der Waals surface area contributed by atoms with Gasteiger partial charge in [0, 0.05) is 37.7 Å². The van der Waals surface area contributed by atoms with Crippen molar-refractivity contribution in [3.63, 3.8) is 0 Å². The summed E-state index contributed by atoms with van der Waals surface area (Å²) >= 11 is 0. The van der Waals surface area contributed by atoms with Gasteiger partial charge in [-0.3, -0.25) is 14.5 Å². The molecule has 8 heteroatoms. The van der Waals surface area contributed by atoms with E-state index in [0.717, 1.165) is 44.7 Å². The van der Waals surface area contributed by atoms with E-state index in [2.05, 4.69) is 21.7 Å². The normalized spacial score (nSPS) is 27.2. The molecule has 0 aromatic heterocycles. The zero-order chi connectivity index (χ0) is 19.8. The van der Waals surface area contributed by atoms with Crippen LogP contribution in [-0.2, 0) is 9.59 Å². The summed E-state index contributed by atoms with van der Waals surface area (Å²) in [7, 11) is 0. The molecule has 0 saturated carbocycles. The molecule has 0 aromatic carbocycles. The molecule has 1 spiro atoms. The van der Waals surface area contributed by atoms with Crippen LogP contribution in [0.3, 0.4) is 0 Å². The highest BCUT2D eigenvalue weighted by Gasteiger charge is 2.47. The summed E-state index contributed by atoms with van der Waals surface area (Å²) in [6.45, 7) is 10.8. The number of alkyl halides is 2. The van der Waals surface area contributed by atoms with Crippen molar-refractivity contribution in [2.24, 2.45) is 5.41 Å². The number of piperidine rings is 2. The topological polar surface area (TPSA) is 55.9 Å². The molecular weight excluding hydrogens is 354 g/mol. The first-order chi connectivity index (χ1) is 12.6. The molecule has 152 valence electrons. The van der Waals surface area contributed by atoms with Crippen LogP contribution in [0.5, 0.6) is 0 Å². The Morgan fingerprint density at radius 1 is 1.07 bits per heavy atom. The van der Waals surface area contributed by atoms with Crippen LogP contribution in [0.15, 0.2) is 12.3 Å². The van der Waals surface area contributed by atoms with Crippen LogP contribution in [0.4, 0.5) is 8.78 Å². The number of carbonyl (C=O) groups is 2. The molecule has 3 aliphatic rings. The van der Waals surface area contributed by atoms with E-state index >= 15 is 0 Å². The summed E-state index contributed by atoms with van der Waals surface area (Å²) in [6.07, 6.45) is 2.15. The number of allylic oxidation sites excluding steroid dienone is 1. The van der Waals surface area contributed by atoms with Crippen molar-refractivity contribution >= 4 is 11.8 Å². The van der Waals surface area contributed by atoms with Gasteiger partial charge in [-0.25, -0.2) is 8.78 Å². The minimum atomic E-state index is -3.09. The summed E-state index contributed by atoms with van der Waals surface area (Å²) < 4.78 is 28.5.